The number of methoxy groups -OCH3 is 1. The summed E-state index contributed by atoms with van der Waals surface area (Å²) < 4.78 is 30.4. The van der Waals surface area contributed by atoms with Crippen molar-refractivity contribution in [2.75, 3.05) is 20.7 Å². The summed E-state index contributed by atoms with van der Waals surface area (Å²) in [4.78, 5) is 1.56. The van der Waals surface area contributed by atoms with Crippen molar-refractivity contribution in [1.29, 1.82) is 0 Å². The molecule has 0 N–H and O–H groups in total. The maximum absolute atomic E-state index is 12.2. The number of ether oxygens (including phenoxy) is 1. The average molecular weight is 294 g/mol. The number of alkyl halides is 2. The molecule has 0 heterocycles. The van der Waals surface area contributed by atoms with E-state index in [1.54, 1.807) is 19.1 Å². The van der Waals surface area contributed by atoms with E-state index in [2.05, 4.69) is 15.9 Å². The molecule has 0 saturated carbocycles. The quantitative estimate of drug-likeness (QED) is 0.827. The Hall–Kier alpha value is -0.680. The number of nitrogens with zero attached hydrogens (tertiary/aromatic N) is 1. The predicted molar refractivity (Wildman–Crippen MR) is 63.0 cm³/mol. The molecule has 16 heavy (non-hydrogen) atoms. The van der Waals surface area contributed by atoms with Crippen LogP contribution in [0.25, 0.3) is 0 Å². The molecule has 0 aliphatic carbocycles. The maximum Gasteiger partial charge on any atom is 0.251 e. The zero-order valence-corrected chi connectivity index (χ0v) is 10.8. The first-order valence-corrected chi connectivity index (χ1v) is 5.61. The van der Waals surface area contributed by atoms with E-state index >= 15 is 0 Å². The van der Waals surface area contributed by atoms with E-state index in [0.29, 0.717) is 12.3 Å². The van der Waals surface area contributed by atoms with E-state index in [1.165, 1.54) is 0 Å². The van der Waals surface area contributed by atoms with Crippen LogP contribution in [-0.4, -0.2) is 32.0 Å². The third kappa shape index (κ3) is 4.06. The van der Waals surface area contributed by atoms with Gasteiger partial charge in [-0.3, -0.25) is 4.90 Å². The van der Waals surface area contributed by atoms with Gasteiger partial charge in [0.2, 0.25) is 0 Å². The van der Waals surface area contributed by atoms with Gasteiger partial charge in [0.05, 0.1) is 13.7 Å². The lowest BCUT2D eigenvalue weighted by molar-refractivity contribution is 0.0972. The van der Waals surface area contributed by atoms with Crippen molar-refractivity contribution in [1.82, 2.24) is 4.90 Å². The van der Waals surface area contributed by atoms with E-state index in [0.717, 1.165) is 10.0 Å². The lowest BCUT2D eigenvalue weighted by Crippen LogP contribution is -2.24. The summed E-state index contributed by atoms with van der Waals surface area (Å²) in [5, 5.41) is 0. The summed E-state index contributed by atoms with van der Waals surface area (Å²) in [6, 6.07) is 5.55. The molecule has 0 amide bonds. The van der Waals surface area contributed by atoms with Crippen LogP contribution < -0.4 is 4.74 Å². The SMILES string of the molecule is COc1ccc(Br)cc1CN(C)CC(F)F. The molecule has 5 heteroatoms. The van der Waals surface area contributed by atoms with Crippen LogP contribution in [0.5, 0.6) is 5.75 Å². The van der Waals surface area contributed by atoms with Crippen molar-refractivity contribution >= 4 is 15.9 Å². The highest BCUT2D eigenvalue weighted by atomic mass is 79.9. The van der Waals surface area contributed by atoms with Crippen LogP contribution in [0, 0.1) is 0 Å². The summed E-state index contributed by atoms with van der Waals surface area (Å²) in [7, 11) is 3.23. The number of rotatable bonds is 5. The van der Waals surface area contributed by atoms with Gasteiger partial charge in [-0.25, -0.2) is 8.78 Å². The van der Waals surface area contributed by atoms with Gasteiger partial charge in [-0.15, -0.1) is 0 Å². The Balaban J connectivity index is 2.74. The normalized spacial score (nSPS) is 11.2. The van der Waals surface area contributed by atoms with Gasteiger partial charge in [0.15, 0.2) is 0 Å². The number of hydrogen-bond donors (Lipinski definition) is 0. The Morgan fingerprint density at radius 2 is 2.12 bits per heavy atom. The van der Waals surface area contributed by atoms with Crippen LogP contribution in [0.1, 0.15) is 5.56 Å². The van der Waals surface area contributed by atoms with Crippen LogP contribution in [-0.2, 0) is 6.54 Å². The first-order valence-electron chi connectivity index (χ1n) is 4.82. The summed E-state index contributed by atoms with van der Waals surface area (Å²) in [6.07, 6.45) is -2.32. The minimum absolute atomic E-state index is 0.240. The maximum atomic E-state index is 12.2. The van der Waals surface area contributed by atoms with Gasteiger partial charge in [-0.1, -0.05) is 15.9 Å². The molecule has 0 aliphatic heterocycles. The molecule has 0 saturated heterocycles. The molecule has 0 spiro atoms. The molecule has 1 rings (SSSR count). The molecule has 90 valence electrons. The third-order valence-electron chi connectivity index (χ3n) is 2.13. The van der Waals surface area contributed by atoms with Crippen molar-refractivity contribution in [3.8, 4) is 5.75 Å². The fourth-order valence-electron chi connectivity index (χ4n) is 1.46. The minimum Gasteiger partial charge on any atom is -0.496 e. The van der Waals surface area contributed by atoms with Gasteiger partial charge in [-0.2, -0.15) is 0 Å². The summed E-state index contributed by atoms with van der Waals surface area (Å²) >= 11 is 3.34. The van der Waals surface area contributed by atoms with Crippen LogP contribution >= 0.6 is 15.9 Å². The zero-order valence-electron chi connectivity index (χ0n) is 9.21. The zero-order chi connectivity index (χ0) is 12.1. The second kappa shape index (κ2) is 6.15. The smallest absolute Gasteiger partial charge is 0.251 e. The Labute approximate surface area is 102 Å². The highest BCUT2D eigenvalue weighted by Crippen LogP contribution is 2.24. The van der Waals surface area contributed by atoms with Crippen LogP contribution in [0.4, 0.5) is 8.78 Å². The molecule has 2 nitrogen and oxygen atoms in total. The van der Waals surface area contributed by atoms with Crippen molar-refractivity contribution in [2.45, 2.75) is 13.0 Å². The average Bonchev–Trinajstić information content (AvgIpc) is 2.16. The van der Waals surface area contributed by atoms with E-state index in [-0.39, 0.29) is 6.54 Å². The number of benzene rings is 1. The molecule has 0 aliphatic rings. The van der Waals surface area contributed by atoms with Crippen LogP contribution in [0.15, 0.2) is 22.7 Å². The molecule has 0 bridgehead atoms. The Kier molecular flexibility index (Phi) is 5.15. The molecule has 0 fully saturated rings. The van der Waals surface area contributed by atoms with E-state index in [9.17, 15) is 8.78 Å². The second-order valence-electron chi connectivity index (χ2n) is 3.54. The van der Waals surface area contributed by atoms with E-state index in [4.69, 9.17) is 4.74 Å². The molecular weight excluding hydrogens is 280 g/mol. The lowest BCUT2D eigenvalue weighted by Gasteiger charge is -2.18. The van der Waals surface area contributed by atoms with Gasteiger partial charge in [0.25, 0.3) is 6.43 Å². The summed E-state index contributed by atoms with van der Waals surface area (Å²) in [6.45, 7) is 0.197. The van der Waals surface area contributed by atoms with Gasteiger partial charge >= 0.3 is 0 Å². The highest BCUT2D eigenvalue weighted by molar-refractivity contribution is 9.10. The van der Waals surface area contributed by atoms with Gasteiger partial charge in [-0.05, 0) is 25.2 Å². The van der Waals surface area contributed by atoms with Gasteiger partial charge in [0.1, 0.15) is 5.75 Å². The largest absolute Gasteiger partial charge is 0.496 e. The standard InChI is InChI=1S/C11H14BrF2NO/c1-15(7-11(13)14)6-8-5-9(12)3-4-10(8)16-2/h3-5,11H,6-7H2,1-2H3. The Bertz CT molecular complexity index is 347. The topological polar surface area (TPSA) is 12.5 Å². The monoisotopic (exact) mass is 293 g/mol. The van der Waals surface area contributed by atoms with E-state index in [1.807, 2.05) is 18.2 Å². The Morgan fingerprint density at radius 3 is 2.69 bits per heavy atom. The van der Waals surface area contributed by atoms with Crippen molar-refractivity contribution in [3.05, 3.63) is 28.2 Å². The minimum atomic E-state index is -2.32. The van der Waals surface area contributed by atoms with Crippen LogP contribution in [0.3, 0.4) is 0 Å². The molecule has 0 unspecified atom stereocenters. The van der Waals surface area contributed by atoms with Crippen molar-refractivity contribution in [3.63, 3.8) is 0 Å². The molecule has 0 atom stereocenters. The number of halogens is 3. The molecular formula is C11H14BrF2NO. The lowest BCUT2D eigenvalue weighted by atomic mass is 10.2. The Morgan fingerprint density at radius 1 is 1.44 bits per heavy atom. The fraction of sp³-hybridized carbons (Fsp3) is 0.455. The number of hydrogen-bond acceptors (Lipinski definition) is 2. The van der Waals surface area contributed by atoms with E-state index < -0.39 is 6.43 Å². The first kappa shape index (κ1) is 13.4. The second-order valence-corrected chi connectivity index (χ2v) is 4.46. The van der Waals surface area contributed by atoms with Crippen LogP contribution in [0.2, 0.25) is 0 Å². The van der Waals surface area contributed by atoms with Crippen molar-refractivity contribution in [2.24, 2.45) is 0 Å². The molecule has 0 aromatic heterocycles. The first-order chi connectivity index (χ1) is 7.52. The third-order valence-corrected chi connectivity index (χ3v) is 2.63. The highest BCUT2D eigenvalue weighted by Gasteiger charge is 2.11. The summed E-state index contributed by atoms with van der Waals surface area (Å²) in [5.74, 6) is 0.712. The fourth-order valence-corrected chi connectivity index (χ4v) is 1.87. The summed E-state index contributed by atoms with van der Waals surface area (Å²) in [5.41, 5.74) is 0.889. The molecule has 1 aromatic carbocycles. The van der Waals surface area contributed by atoms with Gasteiger partial charge in [0, 0.05) is 16.6 Å². The van der Waals surface area contributed by atoms with Crippen molar-refractivity contribution < 1.29 is 13.5 Å². The predicted octanol–water partition coefficient (Wildman–Crippen LogP) is 3.15. The molecule has 1 aromatic rings. The van der Waals surface area contributed by atoms with Gasteiger partial charge < -0.3 is 4.74 Å². The molecule has 0 radical (unpaired) electrons.